The van der Waals surface area contributed by atoms with Gasteiger partial charge in [0.05, 0.1) is 18.8 Å². The van der Waals surface area contributed by atoms with Crippen LogP contribution in [-0.4, -0.2) is 46.5 Å². The highest BCUT2D eigenvalue weighted by Gasteiger charge is 2.18. The fraction of sp³-hybridized carbons (Fsp3) is 0.321. The summed E-state index contributed by atoms with van der Waals surface area (Å²) in [4.78, 5) is 9.51. The molecule has 0 saturated heterocycles. The number of imidazole rings is 1. The summed E-state index contributed by atoms with van der Waals surface area (Å²) in [7, 11) is 0. The van der Waals surface area contributed by atoms with Gasteiger partial charge in [0, 0.05) is 18.6 Å². The summed E-state index contributed by atoms with van der Waals surface area (Å²) in [5, 5.41) is 22.0. The van der Waals surface area contributed by atoms with Crippen molar-refractivity contribution in [3.63, 3.8) is 0 Å². The molecule has 37 heavy (non-hydrogen) atoms. The fourth-order valence-corrected chi connectivity index (χ4v) is 4.70. The van der Waals surface area contributed by atoms with Gasteiger partial charge in [0.1, 0.15) is 11.3 Å². The first-order valence-corrected chi connectivity index (χ1v) is 12.6. The first-order chi connectivity index (χ1) is 18.0. The van der Waals surface area contributed by atoms with E-state index >= 15 is 0 Å². The van der Waals surface area contributed by atoms with E-state index in [1.807, 2.05) is 45.0 Å². The van der Waals surface area contributed by atoms with Gasteiger partial charge in [-0.25, -0.2) is 9.97 Å². The molecule has 1 atom stereocenters. The standard InChI is InChI=1S/C28H31N7O2/c1-5-25-30-26-18(3)15-22(17-36)29-28(26)34(25)16-20-11-13-21(14-12-20)23-9-7-8-10-24(23)27-31-32-33-35(27)19(4)37-6-2/h7-15,19,36H,5-6,16-17H2,1-4H3. The maximum absolute atomic E-state index is 9.66. The summed E-state index contributed by atoms with van der Waals surface area (Å²) in [5.41, 5.74) is 7.57. The van der Waals surface area contributed by atoms with Crippen LogP contribution in [0.1, 0.15) is 49.6 Å². The molecule has 0 spiro atoms. The number of aryl methyl sites for hydroxylation is 2. The lowest BCUT2D eigenvalue weighted by molar-refractivity contribution is 0.0159. The Morgan fingerprint density at radius 3 is 2.46 bits per heavy atom. The number of aliphatic hydroxyl groups excluding tert-OH is 1. The van der Waals surface area contributed by atoms with Crippen molar-refractivity contribution in [3.8, 4) is 22.5 Å². The molecule has 3 heterocycles. The van der Waals surface area contributed by atoms with Gasteiger partial charge in [-0.1, -0.05) is 55.5 Å². The Morgan fingerprint density at radius 1 is 1.00 bits per heavy atom. The van der Waals surface area contributed by atoms with Crippen LogP contribution in [0.5, 0.6) is 0 Å². The molecule has 1 N–H and O–H groups in total. The Hall–Kier alpha value is -3.95. The van der Waals surface area contributed by atoms with Gasteiger partial charge >= 0.3 is 0 Å². The first kappa shape index (κ1) is 24.7. The lowest BCUT2D eigenvalue weighted by Gasteiger charge is -2.15. The Labute approximate surface area is 215 Å². The molecule has 0 aliphatic carbocycles. The second kappa shape index (κ2) is 10.6. The van der Waals surface area contributed by atoms with Crippen LogP contribution in [-0.2, 0) is 24.3 Å². The molecule has 0 aliphatic heterocycles. The number of ether oxygens (including phenoxy) is 1. The van der Waals surface area contributed by atoms with Gasteiger partial charge in [-0.05, 0) is 59.5 Å². The predicted octanol–water partition coefficient (Wildman–Crippen LogP) is 4.72. The van der Waals surface area contributed by atoms with Crippen LogP contribution in [0.3, 0.4) is 0 Å². The normalized spacial score (nSPS) is 12.4. The van der Waals surface area contributed by atoms with E-state index in [9.17, 15) is 5.11 Å². The molecule has 1 unspecified atom stereocenters. The molecular formula is C28H31N7O2. The molecule has 0 bridgehead atoms. The molecule has 2 aromatic carbocycles. The minimum atomic E-state index is -0.271. The summed E-state index contributed by atoms with van der Waals surface area (Å²) < 4.78 is 9.58. The van der Waals surface area contributed by atoms with Crippen LogP contribution < -0.4 is 0 Å². The van der Waals surface area contributed by atoms with Crippen molar-refractivity contribution in [1.82, 2.24) is 34.7 Å². The molecule has 0 fully saturated rings. The largest absolute Gasteiger partial charge is 0.390 e. The third-order valence-electron chi connectivity index (χ3n) is 6.52. The van der Waals surface area contributed by atoms with Crippen LogP contribution in [0.25, 0.3) is 33.7 Å². The Morgan fingerprint density at radius 2 is 1.76 bits per heavy atom. The number of fused-ring (bicyclic) bond motifs is 1. The maximum Gasteiger partial charge on any atom is 0.185 e. The quantitative estimate of drug-likeness (QED) is 0.314. The highest BCUT2D eigenvalue weighted by atomic mass is 16.5. The predicted molar refractivity (Wildman–Crippen MR) is 142 cm³/mol. The van der Waals surface area contributed by atoms with Gasteiger partial charge in [0.2, 0.25) is 0 Å². The number of hydrogen-bond donors (Lipinski definition) is 1. The SMILES string of the molecule is CCOC(C)n1nnnc1-c1ccccc1-c1ccc(Cn2c(CC)nc3c(C)cc(CO)nc32)cc1. The van der Waals surface area contributed by atoms with Crippen molar-refractivity contribution in [3.05, 3.63) is 77.2 Å². The van der Waals surface area contributed by atoms with E-state index in [1.54, 1.807) is 4.68 Å². The first-order valence-electron chi connectivity index (χ1n) is 12.6. The molecule has 0 saturated carbocycles. The van der Waals surface area contributed by atoms with Crippen molar-refractivity contribution in [2.45, 2.75) is 53.5 Å². The number of nitrogens with zero attached hydrogens (tertiary/aromatic N) is 7. The second-order valence-corrected chi connectivity index (χ2v) is 8.97. The summed E-state index contributed by atoms with van der Waals surface area (Å²) in [6.07, 6.45) is 0.525. The Bertz CT molecular complexity index is 1520. The van der Waals surface area contributed by atoms with Crippen LogP contribution in [0.4, 0.5) is 0 Å². The highest BCUT2D eigenvalue weighted by Crippen LogP contribution is 2.32. The van der Waals surface area contributed by atoms with Crippen molar-refractivity contribution in [1.29, 1.82) is 0 Å². The van der Waals surface area contributed by atoms with Crippen LogP contribution in [0, 0.1) is 6.92 Å². The Balaban J connectivity index is 1.48. The molecule has 0 aliphatic rings. The van der Waals surface area contributed by atoms with Crippen LogP contribution in [0.2, 0.25) is 0 Å². The van der Waals surface area contributed by atoms with Gasteiger partial charge in [-0.15, -0.1) is 5.10 Å². The van der Waals surface area contributed by atoms with E-state index in [-0.39, 0.29) is 12.8 Å². The average molecular weight is 498 g/mol. The van der Waals surface area contributed by atoms with Crippen LogP contribution >= 0.6 is 0 Å². The van der Waals surface area contributed by atoms with Crippen molar-refractivity contribution in [2.75, 3.05) is 6.61 Å². The second-order valence-electron chi connectivity index (χ2n) is 8.97. The molecule has 5 rings (SSSR count). The number of benzene rings is 2. The van der Waals surface area contributed by atoms with E-state index in [1.165, 1.54) is 0 Å². The number of aromatic nitrogens is 7. The molecular weight excluding hydrogens is 466 g/mol. The molecule has 9 nitrogen and oxygen atoms in total. The number of aliphatic hydroxyl groups is 1. The van der Waals surface area contributed by atoms with E-state index in [0.717, 1.165) is 51.2 Å². The van der Waals surface area contributed by atoms with E-state index < -0.39 is 0 Å². The molecule has 3 aromatic heterocycles. The van der Waals surface area contributed by atoms with E-state index in [0.29, 0.717) is 24.7 Å². The molecule has 9 heteroatoms. The molecule has 190 valence electrons. The van der Waals surface area contributed by atoms with Crippen LogP contribution in [0.15, 0.2) is 54.6 Å². The fourth-order valence-electron chi connectivity index (χ4n) is 4.70. The lowest BCUT2D eigenvalue weighted by atomic mass is 9.98. The topological polar surface area (TPSA) is 104 Å². The van der Waals surface area contributed by atoms with Crippen molar-refractivity contribution in [2.24, 2.45) is 0 Å². The van der Waals surface area contributed by atoms with E-state index in [2.05, 4.69) is 62.3 Å². The molecule has 0 radical (unpaired) electrons. The zero-order valence-corrected chi connectivity index (χ0v) is 21.6. The number of tetrazole rings is 1. The van der Waals surface area contributed by atoms with Gasteiger partial charge in [0.15, 0.2) is 17.7 Å². The lowest BCUT2D eigenvalue weighted by Crippen LogP contribution is -2.12. The van der Waals surface area contributed by atoms with Gasteiger partial charge in [0.25, 0.3) is 0 Å². The van der Waals surface area contributed by atoms with Gasteiger partial charge < -0.3 is 14.4 Å². The average Bonchev–Trinajstić information content (AvgIpc) is 3.55. The zero-order chi connectivity index (χ0) is 25.9. The maximum atomic E-state index is 9.66. The summed E-state index contributed by atoms with van der Waals surface area (Å²) in [5.74, 6) is 1.64. The minimum Gasteiger partial charge on any atom is -0.390 e. The van der Waals surface area contributed by atoms with Gasteiger partial charge in [-0.2, -0.15) is 4.68 Å². The summed E-state index contributed by atoms with van der Waals surface area (Å²) in [6.45, 7) is 9.13. The third-order valence-corrected chi connectivity index (χ3v) is 6.52. The smallest absolute Gasteiger partial charge is 0.185 e. The van der Waals surface area contributed by atoms with Crippen molar-refractivity contribution < 1.29 is 9.84 Å². The molecule has 5 aromatic rings. The number of hydrogen-bond acceptors (Lipinski definition) is 7. The monoisotopic (exact) mass is 497 g/mol. The summed E-state index contributed by atoms with van der Waals surface area (Å²) in [6, 6.07) is 18.5. The van der Waals surface area contributed by atoms with Gasteiger partial charge in [-0.3, -0.25) is 0 Å². The molecule has 0 amide bonds. The van der Waals surface area contributed by atoms with Crippen molar-refractivity contribution >= 4 is 11.2 Å². The van der Waals surface area contributed by atoms with E-state index in [4.69, 9.17) is 9.72 Å². The third kappa shape index (κ3) is 4.75. The highest BCUT2D eigenvalue weighted by molar-refractivity contribution is 5.80. The Kier molecular flexibility index (Phi) is 7.07. The number of pyridine rings is 1. The minimum absolute atomic E-state index is 0.0931. The number of rotatable bonds is 9. The summed E-state index contributed by atoms with van der Waals surface area (Å²) >= 11 is 0. The zero-order valence-electron chi connectivity index (χ0n) is 21.6.